The number of hydrogen-bond donors (Lipinski definition) is 3. The van der Waals surface area contributed by atoms with Gasteiger partial charge in [-0.15, -0.1) is 0 Å². The highest BCUT2D eigenvalue weighted by atomic mass is 16.5. The molecule has 1 aliphatic rings. The molecule has 0 fully saturated rings. The summed E-state index contributed by atoms with van der Waals surface area (Å²) in [5.74, 6) is 3.33. The molecular weight excluding hydrogens is 408 g/mol. The minimum absolute atomic E-state index is 0.0326. The van der Waals surface area contributed by atoms with Crippen molar-refractivity contribution < 1.29 is 24.2 Å². The van der Waals surface area contributed by atoms with Crippen molar-refractivity contribution in [1.82, 2.24) is 10.6 Å². The van der Waals surface area contributed by atoms with E-state index in [1.807, 2.05) is 43.3 Å². The first kappa shape index (κ1) is 22.9. The lowest BCUT2D eigenvalue weighted by Crippen LogP contribution is -2.35. The third kappa shape index (κ3) is 5.88. The average Bonchev–Trinajstić information content (AvgIpc) is 3.09. The predicted molar refractivity (Wildman–Crippen MR) is 120 cm³/mol. The van der Waals surface area contributed by atoms with Crippen LogP contribution in [0.1, 0.15) is 43.2 Å². The molecule has 0 heterocycles. The Hall–Kier alpha value is -3.79. The van der Waals surface area contributed by atoms with E-state index in [0.717, 1.165) is 28.7 Å². The normalized spacial score (nSPS) is 12.5. The van der Waals surface area contributed by atoms with Crippen molar-refractivity contribution in [3.05, 3.63) is 59.7 Å². The molecule has 32 heavy (non-hydrogen) atoms. The van der Waals surface area contributed by atoms with E-state index in [0.29, 0.717) is 6.42 Å². The van der Waals surface area contributed by atoms with Crippen LogP contribution in [0.25, 0.3) is 11.1 Å². The Balaban J connectivity index is 1.48. The summed E-state index contributed by atoms with van der Waals surface area (Å²) in [6, 6.07) is 15.7. The Morgan fingerprint density at radius 3 is 2.28 bits per heavy atom. The zero-order chi connectivity index (χ0) is 22.9. The van der Waals surface area contributed by atoms with Gasteiger partial charge in [-0.05, 0) is 34.6 Å². The number of alkyl carbamates (subject to hydrolysis) is 1. The molecule has 0 spiro atoms. The van der Waals surface area contributed by atoms with E-state index in [1.54, 1.807) is 0 Å². The van der Waals surface area contributed by atoms with Gasteiger partial charge in [-0.3, -0.25) is 9.59 Å². The highest BCUT2D eigenvalue weighted by Gasteiger charge is 2.28. The highest BCUT2D eigenvalue weighted by Crippen LogP contribution is 2.44. The molecule has 3 rings (SSSR count). The second-order valence-corrected chi connectivity index (χ2v) is 7.54. The van der Waals surface area contributed by atoms with E-state index < -0.39 is 24.0 Å². The van der Waals surface area contributed by atoms with Crippen molar-refractivity contribution in [2.45, 2.75) is 38.1 Å². The molecule has 0 aliphatic heterocycles. The number of aliphatic carboxylic acids is 1. The van der Waals surface area contributed by atoms with Gasteiger partial charge in [0.1, 0.15) is 6.61 Å². The smallest absolute Gasteiger partial charge is 0.407 e. The van der Waals surface area contributed by atoms with Gasteiger partial charge in [0.05, 0.1) is 13.0 Å². The van der Waals surface area contributed by atoms with Gasteiger partial charge >= 0.3 is 12.1 Å². The minimum Gasteiger partial charge on any atom is -0.481 e. The van der Waals surface area contributed by atoms with Crippen molar-refractivity contribution in [3.63, 3.8) is 0 Å². The SMILES string of the molecule is CCC[C@H](CC(=O)O)NC(=O)C#CCNC(=O)OCC1c2ccccc2-c2ccccc21. The van der Waals surface area contributed by atoms with E-state index in [9.17, 15) is 14.4 Å². The third-order valence-corrected chi connectivity index (χ3v) is 5.26. The second kappa shape index (κ2) is 11.0. The number of rotatable bonds is 8. The number of carbonyl (C=O) groups excluding carboxylic acids is 2. The molecule has 2 aromatic carbocycles. The van der Waals surface area contributed by atoms with Crippen molar-refractivity contribution in [3.8, 4) is 23.0 Å². The van der Waals surface area contributed by atoms with Gasteiger partial charge < -0.3 is 20.5 Å². The van der Waals surface area contributed by atoms with Crippen LogP contribution in [0.5, 0.6) is 0 Å². The summed E-state index contributed by atoms with van der Waals surface area (Å²) in [6.07, 6.45) is 0.530. The fourth-order valence-corrected chi connectivity index (χ4v) is 3.90. The molecule has 1 atom stereocenters. The van der Waals surface area contributed by atoms with E-state index in [-0.39, 0.29) is 25.5 Å². The lowest BCUT2D eigenvalue weighted by Gasteiger charge is -2.14. The van der Waals surface area contributed by atoms with E-state index in [1.165, 1.54) is 0 Å². The quantitative estimate of drug-likeness (QED) is 0.553. The van der Waals surface area contributed by atoms with E-state index in [4.69, 9.17) is 9.84 Å². The molecule has 0 bridgehead atoms. The van der Waals surface area contributed by atoms with Crippen molar-refractivity contribution >= 4 is 18.0 Å². The Morgan fingerprint density at radius 1 is 1.06 bits per heavy atom. The number of hydrogen-bond acceptors (Lipinski definition) is 4. The highest BCUT2D eigenvalue weighted by molar-refractivity contribution is 5.94. The number of carbonyl (C=O) groups is 3. The first-order chi connectivity index (χ1) is 15.5. The zero-order valence-corrected chi connectivity index (χ0v) is 17.9. The largest absolute Gasteiger partial charge is 0.481 e. The fraction of sp³-hybridized carbons (Fsp3) is 0.320. The molecule has 7 heteroatoms. The third-order valence-electron chi connectivity index (χ3n) is 5.26. The minimum atomic E-state index is -0.978. The summed E-state index contributed by atoms with van der Waals surface area (Å²) in [5.41, 5.74) is 4.55. The molecule has 166 valence electrons. The van der Waals surface area contributed by atoms with Crippen molar-refractivity contribution in [2.24, 2.45) is 0 Å². The molecular formula is C25H26N2O5. The predicted octanol–water partition coefficient (Wildman–Crippen LogP) is 3.29. The summed E-state index contributed by atoms with van der Waals surface area (Å²) in [6.45, 7) is 2.05. The van der Waals surface area contributed by atoms with Crippen LogP contribution < -0.4 is 10.6 Å². The Morgan fingerprint density at radius 2 is 1.69 bits per heavy atom. The van der Waals surface area contributed by atoms with Crippen LogP contribution in [0, 0.1) is 11.8 Å². The van der Waals surface area contributed by atoms with E-state index in [2.05, 4.69) is 34.6 Å². The molecule has 7 nitrogen and oxygen atoms in total. The van der Waals surface area contributed by atoms with Crippen LogP contribution in [-0.4, -0.2) is 42.3 Å². The molecule has 0 unspecified atom stereocenters. The number of carboxylic acids is 1. The van der Waals surface area contributed by atoms with Gasteiger partial charge in [-0.1, -0.05) is 67.8 Å². The summed E-state index contributed by atoms with van der Waals surface area (Å²) in [4.78, 5) is 34.8. The van der Waals surface area contributed by atoms with Crippen LogP contribution in [-0.2, 0) is 14.3 Å². The summed E-state index contributed by atoms with van der Waals surface area (Å²) >= 11 is 0. The van der Waals surface area contributed by atoms with Gasteiger partial charge in [-0.2, -0.15) is 0 Å². The number of ether oxygens (including phenoxy) is 1. The number of benzene rings is 2. The maximum absolute atomic E-state index is 12.1. The molecule has 2 amide bonds. The lowest BCUT2D eigenvalue weighted by atomic mass is 9.98. The summed E-state index contributed by atoms with van der Waals surface area (Å²) < 4.78 is 5.40. The first-order valence-corrected chi connectivity index (χ1v) is 10.6. The zero-order valence-electron chi connectivity index (χ0n) is 17.9. The van der Waals surface area contributed by atoms with Crippen LogP contribution in [0.4, 0.5) is 4.79 Å². The molecule has 3 N–H and O–H groups in total. The Labute approximate surface area is 187 Å². The fourth-order valence-electron chi connectivity index (χ4n) is 3.90. The number of carboxylic acid groups (broad SMARTS) is 1. The van der Waals surface area contributed by atoms with E-state index >= 15 is 0 Å². The van der Waals surface area contributed by atoms with Gasteiger partial charge in [0, 0.05) is 12.0 Å². The van der Waals surface area contributed by atoms with Crippen molar-refractivity contribution in [1.29, 1.82) is 0 Å². The molecule has 2 aromatic rings. The lowest BCUT2D eigenvalue weighted by molar-refractivity contribution is -0.137. The molecule has 0 radical (unpaired) electrons. The molecule has 0 saturated heterocycles. The number of fused-ring (bicyclic) bond motifs is 3. The first-order valence-electron chi connectivity index (χ1n) is 10.6. The maximum atomic E-state index is 12.1. The number of nitrogens with one attached hydrogen (secondary N) is 2. The summed E-state index contributed by atoms with van der Waals surface area (Å²) in [7, 11) is 0. The Kier molecular flexibility index (Phi) is 7.87. The van der Waals surface area contributed by atoms with Crippen LogP contribution in [0.3, 0.4) is 0 Å². The van der Waals surface area contributed by atoms with Crippen LogP contribution in [0.15, 0.2) is 48.5 Å². The van der Waals surface area contributed by atoms with Crippen LogP contribution >= 0.6 is 0 Å². The van der Waals surface area contributed by atoms with Crippen molar-refractivity contribution in [2.75, 3.05) is 13.2 Å². The second-order valence-electron chi connectivity index (χ2n) is 7.54. The molecule has 0 aromatic heterocycles. The standard InChI is InChI=1S/C25H26N2O5/c1-2-8-17(15-24(29)30)27-23(28)13-7-14-26-25(31)32-16-22-20-11-5-3-9-18(20)19-10-4-6-12-21(19)22/h3-6,9-12,17,22H,2,8,14-16H2,1H3,(H,26,31)(H,27,28)(H,29,30)/t17-/m1/s1. The monoisotopic (exact) mass is 434 g/mol. The maximum Gasteiger partial charge on any atom is 0.407 e. The summed E-state index contributed by atoms with van der Waals surface area (Å²) in [5, 5.41) is 14.0. The van der Waals surface area contributed by atoms with Gasteiger partial charge in [0.2, 0.25) is 0 Å². The molecule has 1 aliphatic carbocycles. The van der Waals surface area contributed by atoms with Gasteiger partial charge in [0.25, 0.3) is 5.91 Å². The van der Waals surface area contributed by atoms with Gasteiger partial charge in [0.15, 0.2) is 0 Å². The molecule has 0 saturated carbocycles. The average molecular weight is 434 g/mol. The number of amides is 2. The van der Waals surface area contributed by atoms with Gasteiger partial charge in [-0.25, -0.2) is 4.79 Å². The Bertz CT molecular complexity index is 1010. The van der Waals surface area contributed by atoms with Crippen LogP contribution in [0.2, 0.25) is 0 Å². The topological polar surface area (TPSA) is 105 Å².